The van der Waals surface area contributed by atoms with E-state index in [1.807, 2.05) is 0 Å². The van der Waals surface area contributed by atoms with E-state index in [-0.39, 0.29) is 24.9 Å². The molecule has 1 saturated heterocycles. The second-order valence-electron chi connectivity index (χ2n) is 3.87. The number of rotatable bonds is 4. The first-order valence-corrected chi connectivity index (χ1v) is 6.46. The average molecular weight is 233 g/mol. The molecule has 3 unspecified atom stereocenters. The molecule has 5 nitrogen and oxygen atoms in total. The van der Waals surface area contributed by atoms with Crippen molar-refractivity contribution < 1.29 is 18.9 Å². The summed E-state index contributed by atoms with van der Waals surface area (Å²) in [6, 6.07) is -0.146. The van der Waals surface area contributed by atoms with Gasteiger partial charge < -0.3 is 10.0 Å². The van der Waals surface area contributed by atoms with Crippen LogP contribution in [0.15, 0.2) is 0 Å². The zero-order valence-electron chi connectivity index (χ0n) is 8.80. The number of hydrogen-bond acceptors (Lipinski definition) is 3. The van der Waals surface area contributed by atoms with Gasteiger partial charge in [0, 0.05) is 41.8 Å². The molecule has 1 aliphatic rings. The summed E-state index contributed by atoms with van der Waals surface area (Å²) >= 11 is 0. The Morgan fingerprint density at radius 2 is 2.33 bits per heavy atom. The summed E-state index contributed by atoms with van der Waals surface area (Å²) in [5.41, 5.74) is 0. The van der Waals surface area contributed by atoms with Crippen molar-refractivity contribution in [3.8, 4) is 0 Å². The number of carboxylic acid groups (broad SMARTS) is 1. The Bertz CT molecular complexity index is 304. The van der Waals surface area contributed by atoms with Gasteiger partial charge in [-0.25, -0.2) is 0 Å². The van der Waals surface area contributed by atoms with Crippen molar-refractivity contribution in [3.05, 3.63) is 0 Å². The van der Waals surface area contributed by atoms with Crippen LogP contribution in [0.4, 0.5) is 0 Å². The highest BCUT2D eigenvalue weighted by Crippen LogP contribution is 2.20. The Morgan fingerprint density at radius 1 is 1.73 bits per heavy atom. The Kier molecular flexibility index (Phi) is 3.84. The van der Waals surface area contributed by atoms with Crippen molar-refractivity contribution in [2.24, 2.45) is 5.92 Å². The standard InChI is InChI=1S/C9H15NO4S/c1-6(5-15(2)14)10-4-7(9(12)13)3-8(10)11/h6-7H,3-5H2,1-2H3,(H,12,13). The molecule has 1 aliphatic heterocycles. The molecule has 0 aliphatic carbocycles. The van der Waals surface area contributed by atoms with Crippen LogP contribution in [0.1, 0.15) is 13.3 Å². The van der Waals surface area contributed by atoms with E-state index in [2.05, 4.69) is 0 Å². The highest BCUT2D eigenvalue weighted by Gasteiger charge is 2.36. The van der Waals surface area contributed by atoms with Crippen molar-refractivity contribution in [1.29, 1.82) is 0 Å². The molecule has 1 fully saturated rings. The summed E-state index contributed by atoms with van der Waals surface area (Å²) in [6.45, 7) is 2.04. The topological polar surface area (TPSA) is 74.7 Å². The van der Waals surface area contributed by atoms with Crippen LogP contribution in [0.5, 0.6) is 0 Å². The molecule has 0 spiro atoms. The molecule has 86 valence electrons. The minimum Gasteiger partial charge on any atom is -0.481 e. The molecular formula is C9H15NO4S. The number of carboxylic acids is 1. The number of carbonyl (C=O) groups excluding carboxylic acids is 1. The lowest BCUT2D eigenvalue weighted by atomic mass is 10.1. The van der Waals surface area contributed by atoms with Gasteiger partial charge >= 0.3 is 5.97 Å². The monoisotopic (exact) mass is 233 g/mol. The van der Waals surface area contributed by atoms with Crippen LogP contribution in [0.2, 0.25) is 0 Å². The molecule has 0 bridgehead atoms. The quantitative estimate of drug-likeness (QED) is 0.722. The molecule has 3 atom stereocenters. The number of aliphatic carboxylic acids is 1. The third-order valence-corrected chi connectivity index (χ3v) is 3.47. The fourth-order valence-corrected chi connectivity index (χ4v) is 2.61. The van der Waals surface area contributed by atoms with Gasteiger partial charge in [0.15, 0.2) is 0 Å². The summed E-state index contributed by atoms with van der Waals surface area (Å²) in [7, 11) is -0.970. The highest BCUT2D eigenvalue weighted by atomic mass is 32.2. The Hall–Kier alpha value is -0.910. The molecule has 6 heteroatoms. The number of nitrogens with zero attached hydrogens (tertiary/aromatic N) is 1. The van der Waals surface area contributed by atoms with Gasteiger partial charge in [-0.1, -0.05) is 0 Å². The van der Waals surface area contributed by atoms with Crippen LogP contribution in [-0.2, 0) is 20.4 Å². The van der Waals surface area contributed by atoms with Gasteiger partial charge in [-0.15, -0.1) is 0 Å². The molecule has 0 aromatic carbocycles. The summed E-state index contributed by atoms with van der Waals surface area (Å²) < 4.78 is 11.0. The number of hydrogen-bond donors (Lipinski definition) is 1. The van der Waals surface area contributed by atoms with E-state index in [0.29, 0.717) is 5.75 Å². The van der Waals surface area contributed by atoms with Gasteiger partial charge in [0.05, 0.1) is 5.92 Å². The van der Waals surface area contributed by atoms with E-state index in [0.717, 1.165) is 0 Å². The van der Waals surface area contributed by atoms with Crippen molar-refractivity contribution in [2.45, 2.75) is 19.4 Å². The van der Waals surface area contributed by atoms with Crippen molar-refractivity contribution >= 4 is 22.7 Å². The van der Waals surface area contributed by atoms with Gasteiger partial charge in [0.2, 0.25) is 5.91 Å². The van der Waals surface area contributed by atoms with E-state index in [1.165, 1.54) is 4.90 Å². The summed E-state index contributed by atoms with van der Waals surface area (Å²) in [5.74, 6) is -1.29. The van der Waals surface area contributed by atoms with E-state index in [4.69, 9.17) is 5.11 Å². The van der Waals surface area contributed by atoms with Crippen LogP contribution in [0.25, 0.3) is 0 Å². The molecule has 1 amide bonds. The smallest absolute Gasteiger partial charge is 0.308 e. The van der Waals surface area contributed by atoms with E-state index >= 15 is 0 Å². The Labute approximate surface area is 90.9 Å². The minimum absolute atomic E-state index is 0.0655. The normalized spacial score (nSPS) is 25.3. The first-order valence-electron chi connectivity index (χ1n) is 4.74. The van der Waals surface area contributed by atoms with Crippen molar-refractivity contribution in [3.63, 3.8) is 0 Å². The van der Waals surface area contributed by atoms with E-state index < -0.39 is 22.7 Å². The predicted molar refractivity (Wildman–Crippen MR) is 55.9 cm³/mol. The second kappa shape index (κ2) is 4.74. The SMILES string of the molecule is CC(CS(C)=O)N1CC(C(=O)O)CC1=O. The zero-order chi connectivity index (χ0) is 11.6. The molecule has 0 aromatic heterocycles. The molecule has 0 saturated carbocycles. The maximum atomic E-state index is 11.5. The van der Waals surface area contributed by atoms with E-state index in [1.54, 1.807) is 13.2 Å². The Balaban J connectivity index is 2.60. The first-order chi connectivity index (χ1) is 6.91. The third-order valence-electron chi connectivity index (χ3n) is 2.52. The summed E-state index contributed by atoms with van der Waals surface area (Å²) in [4.78, 5) is 23.7. The molecule has 1 heterocycles. The first kappa shape index (κ1) is 12.2. The van der Waals surface area contributed by atoms with Crippen LogP contribution in [0, 0.1) is 5.92 Å². The molecular weight excluding hydrogens is 218 g/mol. The van der Waals surface area contributed by atoms with Crippen LogP contribution in [0.3, 0.4) is 0 Å². The third kappa shape index (κ3) is 3.02. The average Bonchev–Trinajstić information content (AvgIpc) is 2.46. The zero-order valence-corrected chi connectivity index (χ0v) is 9.62. The molecule has 0 aromatic rings. The fourth-order valence-electron chi connectivity index (χ4n) is 1.75. The number of amides is 1. The van der Waals surface area contributed by atoms with Crippen LogP contribution >= 0.6 is 0 Å². The van der Waals surface area contributed by atoms with E-state index in [9.17, 15) is 13.8 Å². The fraction of sp³-hybridized carbons (Fsp3) is 0.778. The van der Waals surface area contributed by atoms with Gasteiger partial charge in [-0.2, -0.15) is 0 Å². The van der Waals surface area contributed by atoms with Crippen LogP contribution < -0.4 is 0 Å². The highest BCUT2D eigenvalue weighted by molar-refractivity contribution is 7.84. The van der Waals surface area contributed by atoms with Gasteiger partial charge in [-0.3, -0.25) is 13.8 Å². The summed E-state index contributed by atoms with van der Waals surface area (Å²) in [5, 5.41) is 8.77. The van der Waals surface area contributed by atoms with Crippen molar-refractivity contribution in [2.75, 3.05) is 18.6 Å². The van der Waals surface area contributed by atoms with Gasteiger partial charge in [0.25, 0.3) is 0 Å². The van der Waals surface area contributed by atoms with Gasteiger partial charge in [0.1, 0.15) is 0 Å². The van der Waals surface area contributed by atoms with Crippen LogP contribution in [-0.4, -0.2) is 50.7 Å². The van der Waals surface area contributed by atoms with Gasteiger partial charge in [-0.05, 0) is 6.92 Å². The second-order valence-corrected chi connectivity index (χ2v) is 5.35. The maximum absolute atomic E-state index is 11.5. The lowest BCUT2D eigenvalue weighted by Crippen LogP contribution is -2.38. The predicted octanol–water partition coefficient (Wildman–Crippen LogP) is -0.314. The lowest BCUT2D eigenvalue weighted by Gasteiger charge is -2.23. The molecule has 1 N–H and O–H groups in total. The molecule has 0 radical (unpaired) electrons. The number of likely N-dealkylation sites (tertiary alicyclic amines) is 1. The molecule has 1 rings (SSSR count). The lowest BCUT2D eigenvalue weighted by molar-refractivity contribution is -0.141. The largest absolute Gasteiger partial charge is 0.481 e. The Morgan fingerprint density at radius 3 is 2.73 bits per heavy atom. The number of carbonyl (C=O) groups is 2. The maximum Gasteiger partial charge on any atom is 0.308 e. The van der Waals surface area contributed by atoms with Crippen molar-refractivity contribution in [1.82, 2.24) is 4.90 Å². The molecule has 15 heavy (non-hydrogen) atoms. The summed E-state index contributed by atoms with van der Waals surface area (Å²) in [6.07, 6.45) is 1.64. The minimum atomic E-state index is -0.970.